The molecule has 2 rings (SSSR count). The first kappa shape index (κ1) is 20.4. The Bertz CT molecular complexity index is 514. The predicted octanol–water partition coefficient (Wildman–Crippen LogP) is 0.971. The van der Waals surface area contributed by atoms with Gasteiger partial charge in [0.2, 0.25) is 5.91 Å². The summed E-state index contributed by atoms with van der Waals surface area (Å²) in [5.74, 6) is -0.419. The van der Waals surface area contributed by atoms with Crippen LogP contribution in [0.25, 0.3) is 0 Å². The third-order valence-electron chi connectivity index (χ3n) is 4.22. The maximum atomic E-state index is 12.0. The molecule has 3 N–H and O–H groups in total. The van der Waals surface area contributed by atoms with Gasteiger partial charge in [-0.1, -0.05) is 18.2 Å². The van der Waals surface area contributed by atoms with E-state index in [0.717, 1.165) is 25.9 Å². The minimum absolute atomic E-state index is 0. The molecule has 1 fully saturated rings. The lowest BCUT2D eigenvalue weighted by atomic mass is 9.79. The van der Waals surface area contributed by atoms with E-state index in [2.05, 4.69) is 16.0 Å². The summed E-state index contributed by atoms with van der Waals surface area (Å²) in [5, 5.41) is 8.88. The number of carbonyl (C=O) groups is 2. The molecule has 0 atom stereocenters. The van der Waals surface area contributed by atoms with E-state index in [1.807, 2.05) is 6.07 Å². The smallest absolute Gasteiger partial charge is 0.251 e. The van der Waals surface area contributed by atoms with Crippen LogP contribution >= 0.6 is 12.4 Å². The summed E-state index contributed by atoms with van der Waals surface area (Å²) in [6, 6.07) is 8.87. The number of methoxy groups -OCH3 is 1. The van der Waals surface area contributed by atoms with Gasteiger partial charge in [-0.15, -0.1) is 12.4 Å². The Morgan fingerprint density at radius 3 is 2.46 bits per heavy atom. The van der Waals surface area contributed by atoms with E-state index in [1.54, 1.807) is 31.4 Å². The maximum absolute atomic E-state index is 12.0. The predicted molar refractivity (Wildman–Crippen MR) is 95.4 cm³/mol. The molecule has 0 aromatic heterocycles. The summed E-state index contributed by atoms with van der Waals surface area (Å²) in [4.78, 5) is 23.9. The number of hydrogen-bond acceptors (Lipinski definition) is 4. The van der Waals surface area contributed by atoms with E-state index >= 15 is 0 Å². The fourth-order valence-corrected chi connectivity index (χ4v) is 2.84. The van der Waals surface area contributed by atoms with Gasteiger partial charge < -0.3 is 20.7 Å². The average molecular weight is 356 g/mol. The number of benzene rings is 1. The lowest BCUT2D eigenvalue weighted by Crippen LogP contribution is -2.48. The van der Waals surface area contributed by atoms with Crippen LogP contribution in [0.1, 0.15) is 23.2 Å². The van der Waals surface area contributed by atoms with Crippen LogP contribution in [0.3, 0.4) is 0 Å². The topological polar surface area (TPSA) is 79.5 Å². The number of amides is 2. The fraction of sp³-hybridized carbons (Fsp3) is 0.529. The molecule has 1 aliphatic heterocycles. The van der Waals surface area contributed by atoms with E-state index in [4.69, 9.17) is 4.74 Å². The van der Waals surface area contributed by atoms with Gasteiger partial charge in [0, 0.05) is 24.6 Å². The number of piperidine rings is 1. The van der Waals surface area contributed by atoms with Crippen LogP contribution in [0, 0.1) is 5.41 Å². The summed E-state index contributed by atoms with van der Waals surface area (Å²) in [6.07, 6.45) is 1.94. The zero-order valence-electron chi connectivity index (χ0n) is 14.0. The molecule has 0 aliphatic carbocycles. The molecule has 1 aromatic rings. The van der Waals surface area contributed by atoms with Crippen LogP contribution in [-0.2, 0) is 9.53 Å². The normalized spacial score (nSPS) is 15.9. The third kappa shape index (κ3) is 6.11. The molecule has 2 amide bonds. The van der Waals surface area contributed by atoms with Crippen LogP contribution in [0.2, 0.25) is 0 Å². The highest BCUT2D eigenvalue weighted by Gasteiger charge is 2.32. The standard InChI is InChI=1S/C17H25N3O3.ClH/c1-23-13-17(7-9-18-10-8-17)12-20-15(21)11-19-16(22)14-5-3-2-4-6-14;/h2-6,18H,7-13H2,1H3,(H,19,22)(H,20,21);1H. The first-order valence-corrected chi connectivity index (χ1v) is 7.95. The fourth-order valence-electron chi connectivity index (χ4n) is 2.84. The molecule has 24 heavy (non-hydrogen) atoms. The zero-order valence-corrected chi connectivity index (χ0v) is 14.8. The number of nitrogens with one attached hydrogen (secondary N) is 3. The summed E-state index contributed by atoms with van der Waals surface area (Å²) in [6.45, 7) is 3.05. The number of ether oxygens (including phenoxy) is 1. The second-order valence-electron chi connectivity index (χ2n) is 6.01. The van der Waals surface area contributed by atoms with Crippen LogP contribution in [0.15, 0.2) is 30.3 Å². The molecular weight excluding hydrogens is 330 g/mol. The molecule has 0 radical (unpaired) electrons. The lowest BCUT2D eigenvalue weighted by molar-refractivity contribution is -0.121. The number of rotatable bonds is 7. The van der Waals surface area contributed by atoms with Crippen molar-refractivity contribution in [3.63, 3.8) is 0 Å². The van der Waals surface area contributed by atoms with Crippen molar-refractivity contribution in [3.05, 3.63) is 35.9 Å². The molecule has 1 aliphatic rings. The molecule has 7 heteroatoms. The zero-order chi connectivity index (χ0) is 16.5. The van der Waals surface area contributed by atoms with Crippen molar-refractivity contribution >= 4 is 24.2 Å². The van der Waals surface area contributed by atoms with Gasteiger partial charge >= 0.3 is 0 Å². The Morgan fingerprint density at radius 2 is 1.83 bits per heavy atom. The van der Waals surface area contributed by atoms with Crippen molar-refractivity contribution in [2.45, 2.75) is 12.8 Å². The van der Waals surface area contributed by atoms with Gasteiger partial charge in [-0.25, -0.2) is 0 Å². The van der Waals surface area contributed by atoms with E-state index in [-0.39, 0.29) is 36.2 Å². The Balaban J connectivity index is 0.00000288. The quantitative estimate of drug-likeness (QED) is 0.681. The van der Waals surface area contributed by atoms with Crippen molar-refractivity contribution in [1.29, 1.82) is 0 Å². The van der Waals surface area contributed by atoms with Gasteiger partial charge in [-0.3, -0.25) is 9.59 Å². The summed E-state index contributed by atoms with van der Waals surface area (Å²) >= 11 is 0. The highest BCUT2D eigenvalue weighted by atomic mass is 35.5. The summed E-state index contributed by atoms with van der Waals surface area (Å²) < 4.78 is 5.32. The molecule has 6 nitrogen and oxygen atoms in total. The van der Waals surface area contributed by atoms with Crippen molar-refractivity contribution in [2.75, 3.05) is 39.9 Å². The summed E-state index contributed by atoms with van der Waals surface area (Å²) in [5.41, 5.74) is 0.536. The number of carbonyl (C=O) groups excluding carboxylic acids is 2. The number of hydrogen-bond donors (Lipinski definition) is 3. The minimum Gasteiger partial charge on any atom is -0.384 e. The molecule has 1 heterocycles. The SMILES string of the molecule is COCC1(CNC(=O)CNC(=O)c2ccccc2)CCNCC1.Cl. The molecule has 0 saturated carbocycles. The second kappa shape index (κ2) is 10.3. The highest BCUT2D eigenvalue weighted by molar-refractivity contribution is 5.96. The molecule has 1 aromatic carbocycles. The Hall–Kier alpha value is -1.63. The van der Waals surface area contributed by atoms with Crippen molar-refractivity contribution in [1.82, 2.24) is 16.0 Å². The number of halogens is 1. The van der Waals surface area contributed by atoms with Gasteiger partial charge in [-0.05, 0) is 38.1 Å². The van der Waals surface area contributed by atoms with Gasteiger partial charge in [0.1, 0.15) is 0 Å². The van der Waals surface area contributed by atoms with Crippen LogP contribution in [-0.4, -0.2) is 51.7 Å². The van der Waals surface area contributed by atoms with Crippen molar-refractivity contribution in [3.8, 4) is 0 Å². The molecule has 0 unspecified atom stereocenters. The van der Waals surface area contributed by atoms with Gasteiger partial charge in [0.05, 0.1) is 13.2 Å². The molecule has 0 bridgehead atoms. The van der Waals surface area contributed by atoms with Crippen LogP contribution in [0.4, 0.5) is 0 Å². The largest absolute Gasteiger partial charge is 0.384 e. The van der Waals surface area contributed by atoms with E-state index in [1.165, 1.54) is 0 Å². The van der Waals surface area contributed by atoms with Gasteiger partial charge in [0.25, 0.3) is 5.91 Å². The van der Waals surface area contributed by atoms with E-state index < -0.39 is 0 Å². The Kier molecular flexibility index (Phi) is 8.74. The lowest BCUT2D eigenvalue weighted by Gasteiger charge is -2.37. The monoisotopic (exact) mass is 355 g/mol. The molecule has 134 valence electrons. The average Bonchev–Trinajstić information content (AvgIpc) is 2.60. The van der Waals surface area contributed by atoms with Crippen molar-refractivity contribution in [2.24, 2.45) is 5.41 Å². The first-order valence-electron chi connectivity index (χ1n) is 7.95. The minimum atomic E-state index is -0.241. The summed E-state index contributed by atoms with van der Waals surface area (Å²) in [7, 11) is 1.69. The molecular formula is C17H26ClN3O3. The van der Waals surface area contributed by atoms with E-state index in [9.17, 15) is 9.59 Å². The highest BCUT2D eigenvalue weighted by Crippen LogP contribution is 2.28. The van der Waals surface area contributed by atoms with Gasteiger partial charge in [-0.2, -0.15) is 0 Å². The second-order valence-corrected chi connectivity index (χ2v) is 6.01. The van der Waals surface area contributed by atoms with Crippen LogP contribution in [0.5, 0.6) is 0 Å². The maximum Gasteiger partial charge on any atom is 0.251 e. The van der Waals surface area contributed by atoms with E-state index in [0.29, 0.717) is 18.7 Å². The first-order chi connectivity index (χ1) is 11.2. The van der Waals surface area contributed by atoms with Crippen LogP contribution < -0.4 is 16.0 Å². The van der Waals surface area contributed by atoms with Crippen molar-refractivity contribution < 1.29 is 14.3 Å². The molecule has 0 spiro atoms. The van der Waals surface area contributed by atoms with Gasteiger partial charge in [0.15, 0.2) is 0 Å². The Labute approximate surface area is 149 Å². The third-order valence-corrected chi connectivity index (χ3v) is 4.22. The molecule has 1 saturated heterocycles. The Morgan fingerprint density at radius 1 is 1.17 bits per heavy atom.